The minimum Gasteiger partial charge on any atom is -0.346 e. The van der Waals surface area contributed by atoms with Crippen molar-refractivity contribution in [1.82, 2.24) is 14.9 Å². The Bertz CT molecular complexity index is 1360. The van der Waals surface area contributed by atoms with Gasteiger partial charge in [-0.2, -0.15) is 0 Å². The van der Waals surface area contributed by atoms with Crippen molar-refractivity contribution in [2.45, 2.75) is 6.42 Å². The van der Waals surface area contributed by atoms with E-state index in [1.165, 1.54) is 12.3 Å². The molecule has 0 saturated carbocycles. The van der Waals surface area contributed by atoms with Crippen LogP contribution in [-0.4, -0.2) is 27.7 Å². The second-order valence-corrected chi connectivity index (χ2v) is 7.94. The molecule has 0 saturated heterocycles. The molecule has 0 radical (unpaired) electrons. The van der Waals surface area contributed by atoms with Crippen molar-refractivity contribution in [3.8, 4) is 5.69 Å². The van der Waals surface area contributed by atoms with E-state index < -0.39 is 0 Å². The average molecular weight is 457 g/mol. The number of amides is 1. The monoisotopic (exact) mass is 456 g/mol. The van der Waals surface area contributed by atoms with Gasteiger partial charge >= 0.3 is 0 Å². The molecular formula is C26H21ClN4O2. The number of rotatable bonds is 7. The van der Waals surface area contributed by atoms with Crippen molar-refractivity contribution in [1.29, 1.82) is 5.41 Å². The average Bonchev–Trinajstić information content (AvgIpc) is 2.83. The molecular weight excluding hydrogens is 436 g/mol. The Morgan fingerprint density at radius 3 is 2.52 bits per heavy atom. The van der Waals surface area contributed by atoms with Crippen molar-refractivity contribution >= 4 is 23.2 Å². The number of benzene rings is 2. The summed E-state index contributed by atoms with van der Waals surface area (Å²) in [5.74, 6) is -0.296. The predicted molar refractivity (Wildman–Crippen MR) is 130 cm³/mol. The molecule has 164 valence electrons. The van der Waals surface area contributed by atoms with Gasteiger partial charge in [-0.25, -0.2) is 0 Å². The normalized spacial score (nSPS) is 10.6. The predicted octanol–water partition coefficient (Wildman–Crippen LogP) is 4.27. The molecule has 33 heavy (non-hydrogen) atoms. The zero-order chi connectivity index (χ0) is 23.2. The molecule has 7 heteroatoms. The number of carbonyl (C=O) groups excluding carboxylic acids is 1. The van der Waals surface area contributed by atoms with Crippen LogP contribution in [0.25, 0.3) is 5.69 Å². The van der Waals surface area contributed by atoms with Crippen molar-refractivity contribution in [2.75, 3.05) is 6.54 Å². The zero-order valence-corrected chi connectivity index (χ0v) is 18.4. The van der Waals surface area contributed by atoms with E-state index in [2.05, 4.69) is 10.3 Å². The van der Waals surface area contributed by atoms with Crippen molar-refractivity contribution in [3.05, 3.63) is 129 Å². The fourth-order valence-corrected chi connectivity index (χ4v) is 3.60. The maximum Gasteiger partial charge on any atom is 0.255 e. The smallest absolute Gasteiger partial charge is 0.255 e. The van der Waals surface area contributed by atoms with Crippen LogP contribution in [0.4, 0.5) is 0 Å². The van der Waals surface area contributed by atoms with Gasteiger partial charge in [-0.05, 0) is 59.5 Å². The van der Waals surface area contributed by atoms with Crippen LogP contribution in [0.3, 0.4) is 0 Å². The number of halogens is 1. The first-order valence-electron chi connectivity index (χ1n) is 10.3. The van der Waals surface area contributed by atoms with E-state index >= 15 is 0 Å². The van der Waals surface area contributed by atoms with Crippen LogP contribution in [0.15, 0.2) is 96.2 Å². The van der Waals surface area contributed by atoms with Crippen LogP contribution in [-0.2, 0) is 6.42 Å². The van der Waals surface area contributed by atoms with Gasteiger partial charge in [0.1, 0.15) is 0 Å². The third-order valence-electron chi connectivity index (χ3n) is 5.10. The molecule has 0 bridgehead atoms. The van der Waals surface area contributed by atoms with Gasteiger partial charge < -0.3 is 10.7 Å². The van der Waals surface area contributed by atoms with Crippen molar-refractivity contribution in [2.24, 2.45) is 0 Å². The van der Waals surface area contributed by atoms with Gasteiger partial charge in [-0.1, -0.05) is 41.9 Å². The van der Waals surface area contributed by atoms with E-state index in [0.717, 1.165) is 16.8 Å². The van der Waals surface area contributed by atoms with Gasteiger partial charge in [0.2, 0.25) is 0 Å². The summed E-state index contributed by atoms with van der Waals surface area (Å²) in [7, 11) is 0. The SMILES string of the molecule is N=C(CNC(=O)c1cncc(Cc2ccc(-n3ccccc3=O)cc2)c1)c1cccc(Cl)c1. The summed E-state index contributed by atoms with van der Waals surface area (Å²) < 4.78 is 1.58. The van der Waals surface area contributed by atoms with E-state index in [1.54, 1.807) is 53.4 Å². The summed E-state index contributed by atoms with van der Waals surface area (Å²) in [5.41, 5.74) is 3.98. The lowest BCUT2D eigenvalue weighted by molar-refractivity contribution is 0.0959. The van der Waals surface area contributed by atoms with Crippen LogP contribution in [0.2, 0.25) is 5.02 Å². The summed E-state index contributed by atoms with van der Waals surface area (Å²) in [6.07, 6.45) is 5.55. The van der Waals surface area contributed by atoms with E-state index in [9.17, 15) is 9.59 Å². The lowest BCUT2D eigenvalue weighted by atomic mass is 10.0. The highest BCUT2D eigenvalue weighted by Gasteiger charge is 2.10. The molecule has 2 heterocycles. The molecule has 0 unspecified atom stereocenters. The third kappa shape index (κ3) is 5.61. The number of aromatic nitrogens is 2. The number of carbonyl (C=O) groups is 1. The maximum atomic E-state index is 12.6. The zero-order valence-electron chi connectivity index (χ0n) is 17.7. The Morgan fingerprint density at radius 1 is 0.939 bits per heavy atom. The highest BCUT2D eigenvalue weighted by molar-refractivity contribution is 6.31. The van der Waals surface area contributed by atoms with Crippen LogP contribution < -0.4 is 10.9 Å². The second-order valence-electron chi connectivity index (χ2n) is 7.51. The molecule has 0 aliphatic carbocycles. The Kier molecular flexibility index (Phi) is 6.76. The molecule has 0 aliphatic rings. The highest BCUT2D eigenvalue weighted by Crippen LogP contribution is 2.14. The van der Waals surface area contributed by atoms with E-state index in [-0.39, 0.29) is 23.7 Å². The Morgan fingerprint density at radius 2 is 1.76 bits per heavy atom. The topological polar surface area (TPSA) is 87.8 Å². The summed E-state index contributed by atoms with van der Waals surface area (Å²) in [4.78, 5) is 28.8. The highest BCUT2D eigenvalue weighted by atomic mass is 35.5. The number of hydrogen-bond donors (Lipinski definition) is 2. The van der Waals surface area contributed by atoms with Gasteiger partial charge in [0.15, 0.2) is 0 Å². The number of hydrogen-bond acceptors (Lipinski definition) is 4. The Labute approximate surface area is 196 Å². The molecule has 0 fully saturated rings. The van der Waals surface area contributed by atoms with E-state index in [4.69, 9.17) is 17.0 Å². The fourth-order valence-electron chi connectivity index (χ4n) is 3.41. The van der Waals surface area contributed by atoms with Gasteiger partial charge in [0.05, 0.1) is 17.8 Å². The molecule has 2 aromatic carbocycles. The number of pyridine rings is 2. The lowest BCUT2D eigenvalue weighted by Crippen LogP contribution is -2.29. The van der Waals surface area contributed by atoms with Crippen LogP contribution in [0, 0.1) is 5.41 Å². The molecule has 4 rings (SSSR count). The summed E-state index contributed by atoms with van der Waals surface area (Å²) in [5, 5.41) is 11.5. The third-order valence-corrected chi connectivity index (χ3v) is 5.34. The fraction of sp³-hybridized carbons (Fsp3) is 0.0769. The van der Waals surface area contributed by atoms with Crippen molar-refractivity contribution < 1.29 is 4.79 Å². The van der Waals surface area contributed by atoms with Crippen molar-refractivity contribution in [3.63, 3.8) is 0 Å². The second kappa shape index (κ2) is 10.1. The molecule has 1 amide bonds. The molecule has 2 aromatic heterocycles. The standard InChI is InChI=1S/C26H21ClN4O2/c27-22-5-3-4-20(14-22)24(28)17-30-26(33)21-13-19(15-29-16-21)12-18-7-9-23(10-8-18)31-11-2-1-6-25(31)32/h1-11,13-16,28H,12,17H2,(H,30,33). The van der Waals surface area contributed by atoms with Gasteiger partial charge in [0.25, 0.3) is 11.5 Å². The van der Waals surface area contributed by atoms with Crippen LogP contribution in [0.1, 0.15) is 27.0 Å². The first-order chi connectivity index (χ1) is 16.0. The van der Waals surface area contributed by atoms with E-state index in [1.807, 2.05) is 30.3 Å². The lowest BCUT2D eigenvalue weighted by Gasteiger charge is -2.09. The summed E-state index contributed by atoms with van der Waals surface area (Å²) in [6.45, 7) is 0.0870. The molecule has 0 spiro atoms. The van der Waals surface area contributed by atoms with Gasteiger partial charge in [-0.3, -0.25) is 19.1 Å². The molecule has 6 nitrogen and oxygen atoms in total. The number of nitrogens with zero attached hydrogens (tertiary/aromatic N) is 2. The summed E-state index contributed by atoms with van der Waals surface area (Å²) >= 11 is 5.97. The first kappa shape index (κ1) is 22.2. The van der Waals surface area contributed by atoms with Gasteiger partial charge in [-0.15, -0.1) is 0 Å². The minimum atomic E-state index is -0.296. The largest absolute Gasteiger partial charge is 0.346 e. The summed E-state index contributed by atoms with van der Waals surface area (Å²) in [6, 6.07) is 21.5. The first-order valence-corrected chi connectivity index (χ1v) is 10.7. The van der Waals surface area contributed by atoms with Gasteiger partial charge in [0, 0.05) is 35.4 Å². The number of nitrogens with one attached hydrogen (secondary N) is 2. The molecule has 0 atom stereocenters. The molecule has 2 N–H and O–H groups in total. The minimum absolute atomic E-state index is 0.0865. The van der Waals surface area contributed by atoms with Crippen LogP contribution >= 0.6 is 11.6 Å². The molecule has 4 aromatic rings. The maximum absolute atomic E-state index is 12.6. The van der Waals surface area contributed by atoms with E-state index in [0.29, 0.717) is 22.6 Å². The quantitative estimate of drug-likeness (QED) is 0.407. The Balaban J connectivity index is 1.40. The Hall–Kier alpha value is -4.03. The van der Waals surface area contributed by atoms with Crippen LogP contribution in [0.5, 0.6) is 0 Å². The molecule has 0 aliphatic heterocycles.